The van der Waals surface area contributed by atoms with Crippen molar-refractivity contribution in [2.24, 2.45) is 13.0 Å². The molecule has 1 aliphatic carbocycles. The lowest BCUT2D eigenvalue weighted by molar-refractivity contribution is 0.277. The summed E-state index contributed by atoms with van der Waals surface area (Å²) in [6.07, 6.45) is 6.30. The summed E-state index contributed by atoms with van der Waals surface area (Å²) in [6, 6.07) is 5.98. The van der Waals surface area contributed by atoms with Gasteiger partial charge in [-0.25, -0.2) is 4.68 Å². The number of hydrogen-bond acceptors (Lipinski definition) is 6. The number of aryl methyl sites for hydroxylation is 4. The van der Waals surface area contributed by atoms with Crippen molar-refractivity contribution in [2.45, 2.75) is 32.1 Å². The van der Waals surface area contributed by atoms with Crippen LogP contribution < -0.4 is 10.3 Å². The summed E-state index contributed by atoms with van der Waals surface area (Å²) >= 11 is 1.61. The summed E-state index contributed by atoms with van der Waals surface area (Å²) in [4.78, 5) is 22.1. The Kier molecular flexibility index (Phi) is 5.03. The minimum Gasteiger partial charge on any atom is -0.476 e. The molecule has 0 bridgehead atoms. The van der Waals surface area contributed by atoms with Crippen LogP contribution >= 0.6 is 11.3 Å². The second kappa shape index (κ2) is 7.60. The maximum absolute atomic E-state index is 12.3. The molecule has 0 spiro atoms. The van der Waals surface area contributed by atoms with Crippen molar-refractivity contribution >= 4 is 11.3 Å². The molecule has 140 valence electrons. The van der Waals surface area contributed by atoms with Crippen LogP contribution in [0.15, 0.2) is 40.9 Å². The number of hydrogen-bond donors (Lipinski definition) is 0. The molecule has 0 aromatic carbocycles. The predicted molar refractivity (Wildman–Crippen MR) is 104 cm³/mol. The molecular formula is C20H22N4O2S. The fourth-order valence-corrected chi connectivity index (χ4v) is 3.80. The van der Waals surface area contributed by atoms with Crippen LogP contribution in [0.1, 0.15) is 34.0 Å². The maximum atomic E-state index is 12.3. The van der Waals surface area contributed by atoms with Gasteiger partial charge in [-0.15, -0.1) is 16.4 Å². The average Bonchev–Trinajstić information content (AvgIpc) is 3.25. The summed E-state index contributed by atoms with van der Waals surface area (Å²) in [5, 5.41) is 4.24. The van der Waals surface area contributed by atoms with E-state index in [-0.39, 0.29) is 5.56 Å². The molecule has 6 nitrogen and oxygen atoms in total. The van der Waals surface area contributed by atoms with E-state index in [0.29, 0.717) is 30.7 Å². The lowest BCUT2D eigenvalue weighted by Crippen LogP contribution is -2.24. The molecule has 3 aromatic heterocycles. The number of pyridine rings is 1. The van der Waals surface area contributed by atoms with Crippen molar-refractivity contribution in [3.63, 3.8) is 0 Å². The van der Waals surface area contributed by atoms with E-state index in [1.54, 1.807) is 24.5 Å². The molecule has 2 atom stereocenters. The van der Waals surface area contributed by atoms with Crippen LogP contribution in [-0.4, -0.2) is 26.4 Å². The van der Waals surface area contributed by atoms with Gasteiger partial charge in [-0.2, -0.15) is 0 Å². The summed E-state index contributed by atoms with van der Waals surface area (Å²) in [5.41, 5.74) is 4.77. The van der Waals surface area contributed by atoms with Gasteiger partial charge in [-0.3, -0.25) is 14.8 Å². The Labute approximate surface area is 161 Å². The summed E-state index contributed by atoms with van der Waals surface area (Å²) in [5.74, 6) is 1.43. The number of ether oxygens (including phenoxy) is 1. The van der Waals surface area contributed by atoms with Gasteiger partial charge in [-0.1, -0.05) is 6.07 Å². The van der Waals surface area contributed by atoms with Gasteiger partial charge in [0.2, 0.25) is 5.88 Å². The molecule has 0 unspecified atom stereocenters. The molecule has 0 radical (unpaired) electrons. The topological polar surface area (TPSA) is 69.9 Å². The maximum Gasteiger partial charge on any atom is 0.269 e. The molecule has 0 amide bonds. The van der Waals surface area contributed by atoms with E-state index in [4.69, 9.17) is 4.74 Å². The molecule has 1 fully saturated rings. The zero-order valence-electron chi connectivity index (χ0n) is 15.5. The highest BCUT2D eigenvalue weighted by molar-refractivity contribution is 7.09. The molecule has 3 heterocycles. The molecular weight excluding hydrogens is 360 g/mol. The van der Waals surface area contributed by atoms with Crippen molar-refractivity contribution in [1.29, 1.82) is 0 Å². The number of thiazole rings is 1. The van der Waals surface area contributed by atoms with Crippen LogP contribution in [0.25, 0.3) is 0 Å². The van der Waals surface area contributed by atoms with Gasteiger partial charge in [0.05, 0.1) is 12.1 Å². The second-order valence-electron chi connectivity index (χ2n) is 7.08. The molecule has 27 heavy (non-hydrogen) atoms. The highest BCUT2D eigenvalue weighted by Gasteiger charge is 2.40. The molecule has 0 saturated heterocycles. The Bertz CT molecular complexity index is 967. The van der Waals surface area contributed by atoms with Gasteiger partial charge >= 0.3 is 0 Å². The molecule has 0 N–H and O–H groups in total. The van der Waals surface area contributed by atoms with E-state index in [1.807, 2.05) is 24.8 Å². The van der Waals surface area contributed by atoms with Crippen LogP contribution in [0.3, 0.4) is 0 Å². The third-order valence-corrected chi connectivity index (χ3v) is 5.76. The van der Waals surface area contributed by atoms with Crippen molar-refractivity contribution in [1.82, 2.24) is 19.7 Å². The Balaban J connectivity index is 1.37. The van der Waals surface area contributed by atoms with Crippen LogP contribution in [0.2, 0.25) is 0 Å². The molecule has 1 aliphatic rings. The third kappa shape index (κ3) is 4.24. The Hall–Kier alpha value is -2.54. The first kappa shape index (κ1) is 17.9. The molecule has 3 aromatic rings. The van der Waals surface area contributed by atoms with E-state index in [9.17, 15) is 4.79 Å². The van der Waals surface area contributed by atoms with Crippen molar-refractivity contribution in [2.75, 3.05) is 6.61 Å². The van der Waals surface area contributed by atoms with Crippen molar-refractivity contribution in [3.8, 4) is 5.88 Å². The largest absolute Gasteiger partial charge is 0.476 e. The number of rotatable bonds is 7. The monoisotopic (exact) mass is 382 g/mol. The summed E-state index contributed by atoms with van der Waals surface area (Å²) in [6.45, 7) is 2.64. The van der Waals surface area contributed by atoms with Gasteiger partial charge < -0.3 is 4.74 Å². The normalized spacial score (nSPS) is 18.4. The number of nitrogens with zero attached hydrogens (tertiary/aromatic N) is 4. The first-order valence-corrected chi connectivity index (χ1v) is 9.98. The Morgan fingerprint density at radius 2 is 2.19 bits per heavy atom. The van der Waals surface area contributed by atoms with Crippen molar-refractivity contribution in [3.05, 3.63) is 68.2 Å². The van der Waals surface area contributed by atoms with Crippen LogP contribution in [-0.2, 0) is 19.9 Å². The Morgan fingerprint density at radius 1 is 1.30 bits per heavy atom. The fourth-order valence-electron chi connectivity index (χ4n) is 3.20. The smallest absolute Gasteiger partial charge is 0.269 e. The second-order valence-corrected chi connectivity index (χ2v) is 8.05. The minimum absolute atomic E-state index is 0.0694. The standard InChI is InChI=1S/C20H22N4O2S/c1-13-3-6-18(22-9-13)17-7-15(17)11-26-19-8-14(20(25)24(2)23-19)4-5-16-10-21-12-27-16/h3,6,8-10,12,15,17H,4-5,7,11H2,1-2H3/t15-,17+/m1/s1. The quantitative estimate of drug-likeness (QED) is 0.628. The molecule has 7 heteroatoms. The fraction of sp³-hybridized carbons (Fsp3) is 0.400. The van der Waals surface area contributed by atoms with Crippen molar-refractivity contribution < 1.29 is 4.74 Å². The zero-order valence-corrected chi connectivity index (χ0v) is 16.3. The lowest BCUT2D eigenvalue weighted by atomic mass is 10.1. The molecule has 0 aliphatic heterocycles. The van der Waals surface area contributed by atoms with Gasteiger partial charge in [0, 0.05) is 53.5 Å². The van der Waals surface area contributed by atoms with Gasteiger partial charge in [0.1, 0.15) is 0 Å². The van der Waals surface area contributed by atoms with Crippen LogP contribution in [0, 0.1) is 12.8 Å². The minimum atomic E-state index is -0.0694. The van der Waals surface area contributed by atoms with Gasteiger partial charge in [0.25, 0.3) is 5.56 Å². The van der Waals surface area contributed by atoms with E-state index < -0.39 is 0 Å². The van der Waals surface area contributed by atoms with E-state index in [1.165, 1.54) is 15.1 Å². The lowest BCUT2D eigenvalue weighted by Gasteiger charge is -2.09. The third-order valence-electron chi connectivity index (χ3n) is 4.92. The first-order chi connectivity index (χ1) is 13.1. The SMILES string of the molecule is Cc1ccc([C@H]2C[C@@H]2COc2cc(CCc3cncs3)c(=O)n(C)n2)nc1. The van der Waals surface area contributed by atoms with E-state index in [2.05, 4.69) is 27.2 Å². The van der Waals surface area contributed by atoms with Gasteiger partial charge in [-0.05, 0) is 37.8 Å². The summed E-state index contributed by atoms with van der Waals surface area (Å²) < 4.78 is 7.27. The first-order valence-electron chi connectivity index (χ1n) is 9.10. The molecule has 4 rings (SSSR count). The van der Waals surface area contributed by atoms with E-state index >= 15 is 0 Å². The van der Waals surface area contributed by atoms with Gasteiger partial charge in [0.15, 0.2) is 0 Å². The highest BCUT2D eigenvalue weighted by Crippen LogP contribution is 2.46. The molecule has 1 saturated carbocycles. The highest BCUT2D eigenvalue weighted by atomic mass is 32.1. The predicted octanol–water partition coefficient (Wildman–Crippen LogP) is 2.91. The van der Waals surface area contributed by atoms with Crippen LogP contribution in [0.5, 0.6) is 5.88 Å². The van der Waals surface area contributed by atoms with E-state index in [0.717, 1.165) is 24.1 Å². The Morgan fingerprint density at radius 3 is 2.93 bits per heavy atom. The average molecular weight is 382 g/mol. The number of aromatic nitrogens is 4. The summed E-state index contributed by atoms with van der Waals surface area (Å²) in [7, 11) is 1.67. The zero-order chi connectivity index (χ0) is 18.8. The van der Waals surface area contributed by atoms with Crippen LogP contribution in [0.4, 0.5) is 0 Å².